The maximum Gasteiger partial charge on any atom is 0.264 e. The molecular weight excluding hydrogens is 456 g/mol. The van der Waals surface area contributed by atoms with Crippen molar-refractivity contribution in [1.82, 2.24) is 20.4 Å². The van der Waals surface area contributed by atoms with Crippen LogP contribution in [0.15, 0.2) is 77.6 Å². The number of para-hydroxylation sites is 1. The number of aromatic amines is 1. The molecule has 1 aliphatic rings. The van der Waals surface area contributed by atoms with Gasteiger partial charge in [0.1, 0.15) is 5.75 Å². The predicted molar refractivity (Wildman–Crippen MR) is 138 cm³/mol. The first-order chi connectivity index (χ1) is 17.6. The van der Waals surface area contributed by atoms with Crippen LogP contribution in [-0.2, 0) is 4.79 Å². The smallest absolute Gasteiger partial charge is 0.264 e. The molecule has 0 saturated carbocycles. The van der Waals surface area contributed by atoms with Crippen molar-refractivity contribution >= 4 is 17.4 Å². The number of hydrogen-bond donors (Lipinski definition) is 2. The number of nitrogens with zero attached hydrogens (tertiary/aromatic N) is 4. The van der Waals surface area contributed by atoms with Gasteiger partial charge in [0.25, 0.3) is 5.56 Å². The average Bonchev–Trinajstić information content (AvgIpc) is 2.94. The Morgan fingerprint density at radius 2 is 1.69 bits per heavy atom. The number of rotatable bonds is 6. The van der Waals surface area contributed by atoms with Crippen molar-refractivity contribution in [2.45, 2.75) is 12.8 Å². The number of methoxy groups -OCH3 is 1. The first-order valence-electron chi connectivity index (χ1n) is 11.8. The molecule has 9 nitrogen and oxygen atoms in total. The highest BCUT2D eigenvalue weighted by Crippen LogP contribution is 2.29. The summed E-state index contributed by atoms with van der Waals surface area (Å²) in [7, 11) is 1.64. The Balaban J connectivity index is 1.16. The van der Waals surface area contributed by atoms with Gasteiger partial charge in [-0.1, -0.05) is 24.3 Å². The molecule has 2 aromatic carbocycles. The highest BCUT2D eigenvalue weighted by molar-refractivity contribution is 5.93. The number of hydrogen-bond acceptors (Lipinski definition) is 7. The van der Waals surface area contributed by atoms with Gasteiger partial charge in [-0.25, -0.2) is 5.10 Å². The number of nitrogens with one attached hydrogen (secondary N) is 2. The Hall–Kier alpha value is -4.53. The maximum atomic E-state index is 12.8. The van der Waals surface area contributed by atoms with Crippen LogP contribution in [0.2, 0.25) is 0 Å². The molecular formula is C27H26N6O3. The van der Waals surface area contributed by atoms with Crippen LogP contribution >= 0.6 is 0 Å². The minimum atomic E-state index is -0.245. The third-order valence-corrected chi connectivity index (χ3v) is 6.35. The van der Waals surface area contributed by atoms with Crippen molar-refractivity contribution in [2.75, 3.05) is 30.4 Å². The van der Waals surface area contributed by atoms with Crippen LogP contribution in [0.25, 0.3) is 22.5 Å². The van der Waals surface area contributed by atoms with Gasteiger partial charge in [-0.3, -0.25) is 9.59 Å². The molecule has 5 rings (SSSR count). The molecule has 2 N–H and O–H groups in total. The minimum absolute atomic E-state index is 0.0159. The summed E-state index contributed by atoms with van der Waals surface area (Å²) in [4.78, 5) is 26.2. The fraction of sp³-hybridized carbons (Fsp3) is 0.222. The summed E-state index contributed by atoms with van der Waals surface area (Å²) in [6.07, 6.45) is 1.47. The molecule has 0 radical (unpaired) electrons. The predicted octanol–water partition coefficient (Wildman–Crippen LogP) is 3.76. The molecule has 0 aliphatic carbocycles. The van der Waals surface area contributed by atoms with E-state index in [0.717, 1.165) is 60.0 Å². The molecule has 2 aromatic heterocycles. The number of carbonyl (C=O) groups excluding carboxylic acids is 1. The summed E-state index contributed by atoms with van der Waals surface area (Å²) in [6.45, 7) is 1.47. The molecule has 1 saturated heterocycles. The number of piperidine rings is 1. The maximum absolute atomic E-state index is 12.8. The molecule has 4 aromatic rings. The SMILES string of the molecule is COc1ccccc1-c1ccc(N2CCC(C(=O)Nc3ccc(-c4ccc(=O)[nH]n4)cc3)CC2)nn1. The summed E-state index contributed by atoms with van der Waals surface area (Å²) < 4.78 is 5.42. The number of ether oxygens (including phenoxy) is 1. The van der Waals surface area contributed by atoms with E-state index < -0.39 is 0 Å². The quantitative estimate of drug-likeness (QED) is 0.430. The lowest BCUT2D eigenvalue weighted by molar-refractivity contribution is -0.120. The zero-order valence-corrected chi connectivity index (χ0v) is 19.8. The van der Waals surface area contributed by atoms with Gasteiger partial charge >= 0.3 is 0 Å². The van der Waals surface area contributed by atoms with E-state index in [4.69, 9.17) is 4.74 Å². The summed E-state index contributed by atoms with van der Waals surface area (Å²) in [5.41, 5.74) is 3.67. The van der Waals surface area contributed by atoms with Crippen LogP contribution in [0.5, 0.6) is 5.75 Å². The van der Waals surface area contributed by atoms with Crippen molar-refractivity contribution in [1.29, 1.82) is 0 Å². The number of benzene rings is 2. The van der Waals surface area contributed by atoms with Crippen LogP contribution in [-0.4, -0.2) is 46.5 Å². The lowest BCUT2D eigenvalue weighted by Gasteiger charge is -2.31. The summed E-state index contributed by atoms with van der Waals surface area (Å²) in [5.74, 6) is 1.51. The van der Waals surface area contributed by atoms with E-state index in [1.165, 1.54) is 6.07 Å². The second kappa shape index (κ2) is 10.4. The molecule has 1 aliphatic heterocycles. The topological polar surface area (TPSA) is 113 Å². The number of aromatic nitrogens is 4. The van der Waals surface area contributed by atoms with Crippen LogP contribution in [0, 0.1) is 5.92 Å². The molecule has 36 heavy (non-hydrogen) atoms. The Bertz CT molecular complexity index is 1370. The first kappa shape index (κ1) is 23.2. The third-order valence-electron chi connectivity index (χ3n) is 6.35. The van der Waals surface area contributed by atoms with Crippen LogP contribution in [0.4, 0.5) is 11.5 Å². The normalized spacial score (nSPS) is 13.9. The van der Waals surface area contributed by atoms with E-state index in [1.54, 1.807) is 13.2 Å². The van der Waals surface area contributed by atoms with Gasteiger partial charge in [0.2, 0.25) is 5.91 Å². The number of H-pyrrole nitrogens is 1. The molecule has 0 unspecified atom stereocenters. The van der Waals surface area contributed by atoms with Crippen molar-refractivity contribution < 1.29 is 9.53 Å². The van der Waals surface area contributed by atoms with E-state index >= 15 is 0 Å². The van der Waals surface area contributed by atoms with Crippen molar-refractivity contribution in [3.8, 4) is 28.3 Å². The third kappa shape index (κ3) is 5.10. The lowest BCUT2D eigenvalue weighted by Crippen LogP contribution is -2.38. The Kier molecular flexibility index (Phi) is 6.70. The summed E-state index contributed by atoms with van der Waals surface area (Å²) in [6, 6.07) is 22.2. The van der Waals surface area contributed by atoms with Crippen molar-refractivity contribution in [2.24, 2.45) is 5.92 Å². The number of anilines is 2. The Labute approximate surface area is 208 Å². The van der Waals surface area contributed by atoms with Gasteiger partial charge in [-0.05, 0) is 55.3 Å². The van der Waals surface area contributed by atoms with Gasteiger partial charge in [0, 0.05) is 41.9 Å². The van der Waals surface area contributed by atoms with Crippen LogP contribution in [0.3, 0.4) is 0 Å². The first-order valence-corrected chi connectivity index (χ1v) is 11.8. The van der Waals surface area contributed by atoms with Gasteiger partial charge in [-0.15, -0.1) is 10.2 Å². The Morgan fingerprint density at radius 1 is 0.944 bits per heavy atom. The lowest BCUT2D eigenvalue weighted by atomic mass is 9.95. The van der Waals surface area contributed by atoms with Gasteiger partial charge in [0.15, 0.2) is 5.82 Å². The van der Waals surface area contributed by atoms with E-state index in [1.807, 2.05) is 60.7 Å². The summed E-state index contributed by atoms with van der Waals surface area (Å²) >= 11 is 0. The number of amides is 1. The van der Waals surface area contributed by atoms with Crippen LogP contribution < -0.4 is 20.5 Å². The molecule has 3 heterocycles. The van der Waals surface area contributed by atoms with E-state index in [-0.39, 0.29) is 17.4 Å². The molecule has 0 spiro atoms. The monoisotopic (exact) mass is 482 g/mol. The van der Waals surface area contributed by atoms with Gasteiger partial charge < -0.3 is 15.0 Å². The second-order valence-corrected chi connectivity index (χ2v) is 8.61. The minimum Gasteiger partial charge on any atom is -0.496 e. The largest absolute Gasteiger partial charge is 0.496 e. The van der Waals surface area contributed by atoms with Crippen LogP contribution in [0.1, 0.15) is 12.8 Å². The van der Waals surface area contributed by atoms with E-state index in [0.29, 0.717) is 5.69 Å². The van der Waals surface area contributed by atoms with Crippen molar-refractivity contribution in [3.05, 3.63) is 83.2 Å². The summed E-state index contributed by atoms with van der Waals surface area (Å²) in [5, 5.41) is 18.3. The standard InChI is InChI=1S/C27H26N6O3/c1-36-24-5-3-2-4-21(24)23-10-12-25(31-30-23)33-16-14-19(15-17-33)27(35)28-20-8-6-18(7-9-20)22-11-13-26(34)32-29-22/h2-13,19H,14-17H2,1H3,(H,28,35)(H,32,34). The molecule has 0 atom stereocenters. The molecule has 9 heteroatoms. The molecule has 1 amide bonds. The number of carbonyl (C=O) groups is 1. The second-order valence-electron chi connectivity index (χ2n) is 8.61. The van der Waals surface area contributed by atoms with E-state index in [9.17, 15) is 9.59 Å². The zero-order valence-electron chi connectivity index (χ0n) is 19.8. The highest BCUT2D eigenvalue weighted by atomic mass is 16.5. The molecule has 182 valence electrons. The Morgan fingerprint density at radius 3 is 2.36 bits per heavy atom. The molecule has 0 bridgehead atoms. The highest BCUT2D eigenvalue weighted by Gasteiger charge is 2.26. The fourth-order valence-electron chi connectivity index (χ4n) is 4.34. The average molecular weight is 483 g/mol. The fourth-order valence-corrected chi connectivity index (χ4v) is 4.34. The molecule has 1 fully saturated rings. The van der Waals surface area contributed by atoms with E-state index in [2.05, 4.69) is 30.6 Å². The van der Waals surface area contributed by atoms with Gasteiger partial charge in [-0.2, -0.15) is 5.10 Å². The van der Waals surface area contributed by atoms with Crippen molar-refractivity contribution in [3.63, 3.8) is 0 Å². The zero-order chi connectivity index (χ0) is 24.9. The van der Waals surface area contributed by atoms with Gasteiger partial charge in [0.05, 0.1) is 18.5 Å².